The third kappa shape index (κ3) is 5.20. The van der Waals surface area contributed by atoms with Gasteiger partial charge in [-0.2, -0.15) is 0 Å². The number of benzene rings is 1. The van der Waals surface area contributed by atoms with E-state index < -0.39 is 0 Å². The Hall–Kier alpha value is -2.12. The lowest BCUT2D eigenvalue weighted by atomic mass is 10.0. The van der Waals surface area contributed by atoms with Crippen molar-refractivity contribution in [3.63, 3.8) is 0 Å². The first-order chi connectivity index (χ1) is 13.1. The molecule has 2 aliphatic rings. The molecular weight excluding hydrogens is 342 g/mol. The van der Waals surface area contributed by atoms with Crippen LogP contribution in [0.5, 0.6) is 0 Å². The number of amides is 2. The van der Waals surface area contributed by atoms with E-state index in [1.165, 1.54) is 5.69 Å². The second-order valence-electron chi connectivity index (χ2n) is 7.40. The monoisotopic (exact) mass is 373 g/mol. The van der Waals surface area contributed by atoms with Gasteiger partial charge in [-0.3, -0.25) is 14.5 Å². The van der Waals surface area contributed by atoms with Crippen LogP contribution >= 0.6 is 0 Å². The standard InChI is InChI=1S/C20H31N5O2/c1-2-23-11-13-24(14-12-23)17-8-6-16(7-9-17)22-19(26)15-25-10-4-3-5-18(25)20(21)27/h6-9,18H,2-5,10-15H2,1H3,(H2,21,27)(H,22,26)/t18-/m1/s1. The molecule has 0 unspecified atom stereocenters. The van der Waals surface area contributed by atoms with E-state index in [4.69, 9.17) is 5.73 Å². The van der Waals surface area contributed by atoms with Crippen molar-refractivity contribution in [1.82, 2.24) is 9.80 Å². The van der Waals surface area contributed by atoms with Crippen LogP contribution in [0.4, 0.5) is 11.4 Å². The van der Waals surface area contributed by atoms with Crippen LogP contribution in [-0.4, -0.2) is 73.5 Å². The molecule has 7 heteroatoms. The molecule has 1 aromatic carbocycles. The van der Waals surface area contributed by atoms with Gasteiger partial charge in [-0.05, 0) is 50.2 Å². The van der Waals surface area contributed by atoms with Gasteiger partial charge >= 0.3 is 0 Å². The van der Waals surface area contributed by atoms with Gasteiger partial charge in [0.05, 0.1) is 12.6 Å². The van der Waals surface area contributed by atoms with Crippen molar-refractivity contribution < 1.29 is 9.59 Å². The number of hydrogen-bond donors (Lipinski definition) is 2. The number of hydrogen-bond acceptors (Lipinski definition) is 5. The maximum absolute atomic E-state index is 12.4. The summed E-state index contributed by atoms with van der Waals surface area (Å²) in [6, 6.07) is 7.69. The summed E-state index contributed by atoms with van der Waals surface area (Å²) < 4.78 is 0. The number of nitrogens with zero attached hydrogens (tertiary/aromatic N) is 3. The van der Waals surface area contributed by atoms with Gasteiger partial charge in [0.2, 0.25) is 11.8 Å². The van der Waals surface area contributed by atoms with E-state index in [-0.39, 0.29) is 24.4 Å². The third-order valence-electron chi connectivity index (χ3n) is 5.62. The molecule has 0 aliphatic carbocycles. The van der Waals surface area contributed by atoms with Crippen molar-refractivity contribution in [3.05, 3.63) is 24.3 Å². The first-order valence-corrected chi connectivity index (χ1v) is 9.97. The smallest absolute Gasteiger partial charge is 0.238 e. The fraction of sp³-hybridized carbons (Fsp3) is 0.600. The summed E-state index contributed by atoms with van der Waals surface area (Å²) in [5.74, 6) is -0.442. The van der Waals surface area contributed by atoms with Crippen LogP contribution in [0.3, 0.4) is 0 Å². The number of piperazine rings is 1. The van der Waals surface area contributed by atoms with Crippen LogP contribution in [0.1, 0.15) is 26.2 Å². The Morgan fingerprint density at radius 1 is 1.07 bits per heavy atom. The lowest BCUT2D eigenvalue weighted by molar-refractivity contribution is -0.126. The number of piperidine rings is 1. The zero-order valence-corrected chi connectivity index (χ0v) is 16.2. The molecular formula is C20H31N5O2. The Kier molecular flexibility index (Phi) is 6.68. The van der Waals surface area contributed by atoms with Crippen LogP contribution in [0, 0.1) is 0 Å². The SMILES string of the molecule is CCN1CCN(c2ccc(NC(=O)CN3CCCC[C@@H]3C(N)=O)cc2)CC1. The lowest BCUT2D eigenvalue weighted by Gasteiger charge is -2.35. The highest BCUT2D eigenvalue weighted by Gasteiger charge is 2.28. The lowest BCUT2D eigenvalue weighted by Crippen LogP contribution is -2.50. The van der Waals surface area contributed by atoms with Crippen molar-refractivity contribution in [3.8, 4) is 0 Å². The van der Waals surface area contributed by atoms with Crippen molar-refractivity contribution in [2.75, 3.05) is 56.0 Å². The normalized spacial score (nSPS) is 21.8. The summed E-state index contributed by atoms with van der Waals surface area (Å²) in [5, 5.41) is 2.94. The molecule has 27 heavy (non-hydrogen) atoms. The van der Waals surface area contributed by atoms with E-state index in [0.29, 0.717) is 0 Å². The average Bonchev–Trinajstić information content (AvgIpc) is 2.69. The maximum Gasteiger partial charge on any atom is 0.238 e. The van der Waals surface area contributed by atoms with Crippen LogP contribution < -0.4 is 16.0 Å². The number of carbonyl (C=O) groups excluding carboxylic acids is 2. The Bertz CT molecular complexity index is 640. The highest BCUT2D eigenvalue weighted by molar-refractivity contribution is 5.93. The number of likely N-dealkylation sites (N-methyl/N-ethyl adjacent to an activating group) is 1. The molecule has 2 saturated heterocycles. The number of carbonyl (C=O) groups is 2. The molecule has 7 nitrogen and oxygen atoms in total. The Morgan fingerprint density at radius 3 is 2.41 bits per heavy atom. The van der Waals surface area contributed by atoms with Gasteiger partial charge in [-0.25, -0.2) is 0 Å². The van der Waals surface area contributed by atoms with Crippen molar-refractivity contribution in [1.29, 1.82) is 0 Å². The van der Waals surface area contributed by atoms with E-state index in [2.05, 4.69) is 34.2 Å². The van der Waals surface area contributed by atoms with Gasteiger partial charge < -0.3 is 20.9 Å². The van der Waals surface area contributed by atoms with Gasteiger partial charge in [-0.1, -0.05) is 13.3 Å². The first-order valence-electron chi connectivity index (χ1n) is 9.97. The minimum atomic E-state index is -0.338. The summed E-state index contributed by atoms with van der Waals surface area (Å²) in [4.78, 5) is 30.7. The molecule has 2 amide bonds. The average molecular weight is 374 g/mol. The summed E-state index contributed by atoms with van der Waals surface area (Å²) in [6.07, 6.45) is 2.72. The number of nitrogens with one attached hydrogen (secondary N) is 1. The third-order valence-corrected chi connectivity index (χ3v) is 5.62. The fourth-order valence-corrected chi connectivity index (χ4v) is 3.97. The van der Waals surface area contributed by atoms with E-state index >= 15 is 0 Å². The summed E-state index contributed by atoms with van der Waals surface area (Å²) in [5.41, 5.74) is 7.44. The number of likely N-dealkylation sites (tertiary alicyclic amines) is 1. The number of anilines is 2. The predicted molar refractivity (Wildman–Crippen MR) is 108 cm³/mol. The van der Waals surface area contributed by atoms with Crippen LogP contribution in [0.25, 0.3) is 0 Å². The van der Waals surface area contributed by atoms with Crippen molar-refractivity contribution in [2.24, 2.45) is 5.73 Å². The first kappa shape index (κ1) is 19.6. The maximum atomic E-state index is 12.4. The van der Waals surface area contributed by atoms with Gasteiger partial charge in [0, 0.05) is 37.6 Å². The molecule has 1 aromatic rings. The predicted octanol–water partition coefficient (Wildman–Crippen LogP) is 1.11. The zero-order valence-electron chi connectivity index (χ0n) is 16.2. The second-order valence-corrected chi connectivity index (χ2v) is 7.40. The summed E-state index contributed by atoms with van der Waals surface area (Å²) >= 11 is 0. The van der Waals surface area contributed by atoms with Crippen molar-refractivity contribution >= 4 is 23.2 Å². The molecule has 3 rings (SSSR count). The second kappa shape index (κ2) is 9.19. The Morgan fingerprint density at radius 2 is 1.78 bits per heavy atom. The Balaban J connectivity index is 1.52. The minimum Gasteiger partial charge on any atom is -0.369 e. The molecule has 2 heterocycles. The van der Waals surface area contributed by atoms with E-state index in [1.807, 2.05) is 17.0 Å². The minimum absolute atomic E-state index is 0.104. The van der Waals surface area contributed by atoms with Crippen LogP contribution in [0.2, 0.25) is 0 Å². The topological polar surface area (TPSA) is 81.9 Å². The quantitative estimate of drug-likeness (QED) is 0.781. The van der Waals surface area contributed by atoms with E-state index in [1.54, 1.807) is 0 Å². The molecule has 2 fully saturated rings. The molecule has 148 valence electrons. The van der Waals surface area contributed by atoms with Gasteiger partial charge in [0.1, 0.15) is 0 Å². The molecule has 0 aromatic heterocycles. The highest BCUT2D eigenvalue weighted by Crippen LogP contribution is 2.20. The molecule has 2 aliphatic heterocycles. The summed E-state index contributed by atoms with van der Waals surface area (Å²) in [6.45, 7) is 8.48. The Labute approximate surface area is 161 Å². The highest BCUT2D eigenvalue weighted by atomic mass is 16.2. The van der Waals surface area contributed by atoms with Crippen LogP contribution in [0.15, 0.2) is 24.3 Å². The number of nitrogens with two attached hydrogens (primary N) is 1. The molecule has 0 spiro atoms. The van der Waals surface area contributed by atoms with Crippen LogP contribution in [-0.2, 0) is 9.59 Å². The molecule has 0 saturated carbocycles. The fourth-order valence-electron chi connectivity index (χ4n) is 3.97. The molecule has 0 radical (unpaired) electrons. The molecule has 3 N–H and O–H groups in total. The van der Waals surface area contributed by atoms with E-state index in [9.17, 15) is 9.59 Å². The number of rotatable bonds is 6. The van der Waals surface area contributed by atoms with Crippen molar-refractivity contribution in [2.45, 2.75) is 32.2 Å². The number of primary amides is 1. The zero-order chi connectivity index (χ0) is 19.2. The van der Waals surface area contributed by atoms with Gasteiger partial charge in [0.25, 0.3) is 0 Å². The largest absolute Gasteiger partial charge is 0.369 e. The molecule has 0 bridgehead atoms. The van der Waals surface area contributed by atoms with Gasteiger partial charge in [0.15, 0.2) is 0 Å². The van der Waals surface area contributed by atoms with E-state index in [0.717, 1.165) is 64.2 Å². The molecule has 1 atom stereocenters. The van der Waals surface area contributed by atoms with Gasteiger partial charge in [-0.15, -0.1) is 0 Å². The summed E-state index contributed by atoms with van der Waals surface area (Å²) in [7, 11) is 0.